The van der Waals surface area contributed by atoms with Gasteiger partial charge in [0.25, 0.3) is 5.91 Å². The SMILES string of the molecule is CN(C)CC#CC(=O)NCSS. The molecule has 0 aromatic rings. The zero-order valence-electron chi connectivity index (χ0n) is 7.13. The predicted molar refractivity (Wildman–Crippen MR) is 55.9 cm³/mol. The Kier molecular flexibility index (Phi) is 7.16. The van der Waals surface area contributed by atoms with E-state index in [4.69, 9.17) is 0 Å². The molecule has 5 heteroatoms. The normalized spacial score (nSPS) is 9.00. The van der Waals surface area contributed by atoms with Gasteiger partial charge in [-0.1, -0.05) is 16.7 Å². The van der Waals surface area contributed by atoms with Crippen molar-refractivity contribution in [3.8, 4) is 11.8 Å². The maximum absolute atomic E-state index is 10.8. The first-order valence-electron chi connectivity index (χ1n) is 3.34. The van der Waals surface area contributed by atoms with Crippen molar-refractivity contribution < 1.29 is 4.79 Å². The first-order chi connectivity index (χ1) is 5.66. The van der Waals surface area contributed by atoms with Crippen LogP contribution < -0.4 is 5.32 Å². The number of nitrogens with zero attached hydrogens (tertiary/aromatic N) is 1. The molecule has 0 aromatic carbocycles. The van der Waals surface area contributed by atoms with Crippen molar-refractivity contribution >= 4 is 28.4 Å². The smallest absolute Gasteiger partial charge is 0.296 e. The van der Waals surface area contributed by atoms with E-state index in [-0.39, 0.29) is 5.91 Å². The second-order valence-electron chi connectivity index (χ2n) is 2.32. The topological polar surface area (TPSA) is 32.3 Å². The Morgan fingerprint density at radius 3 is 2.83 bits per heavy atom. The molecule has 0 fully saturated rings. The van der Waals surface area contributed by atoms with Gasteiger partial charge in [0.15, 0.2) is 0 Å². The summed E-state index contributed by atoms with van der Waals surface area (Å²) in [6, 6.07) is 0. The third-order valence-corrected chi connectivity index (χ3v) is 1.56. The van der Waals surface area contributed by atoms with E-state index in [1.807, 2.05) is 19.0 Å². The van der Waals surface area contributed by atoms with E-state index in [2.05, 4.69) is 28.8 Å². The lowest BCUT2D eigenvalue weighted by Gasteiger charge is -2.00. The summed E-state index contributed by atoms with van der Waals surface area (Å²) in [5, 5.41) is 2.56. The van der Waals surface area contributed by atoms with E-state index in [9.17, 15) is 4.79 Å². The quantitative estimate of drug-likeness (QED) is 0.298. The lowest BCUT2D eigenvalue weighted by Crippen LogP contribution is -2.20. The summed E-state index contributed by atoms with van der Waals surface area (Å²) >= 11 is 3.86. The number of carbonyl (C=O) groups is 1. The minimum atomic E-state index is -0.251. The predicted octanol–water partition coefficient (Wildman–Crippen LogP) is 0.203. The number of hydrogen-bond acceptors (Lipinski definition) is 4. The Morgan fingerprint density at radius 2 is 2.33 bits per heavy atom. The molecule has 0 saturated heterocycles. The van der Waals surface area contributed by atoms with Crippen molar-refractivity contribution in [3.63, 3.8) is 0 Å². The molecular formula is C7H12N2OS2. The highest BCUT2D eigenvalue weighted by Crippen LogP contribution is 1.99. The van der Waals surface area contributed by atoms with Crippen molar-refractivity contribution in [3.05, 3.63) is 0 Å². The van der Waals surface area contributed by atoms with Crippen molar-refractivity contribution in [1.29, 1.82) is 0 Å². The van der Waals surface area contributed by atoms with Crippen LogP contribution in [0.1, 0.15) is 0 Å². The summed E-state index contributed by atoms with van der Waals surface area (Å²) in [6.45, 7) is 0.599. The average molecular weight is 204 g/mol. The van der Waals surface area contributed by atoms with Crippen molar-refractivity contribution in [2.24, 2.45) is 0 Å². The summed E-state index contributed by atoms with van der Waals surface area (Å²) in [7, 11) is 5.05. The molecule has 0 heterocycles. The molecule has 1 amide bonds. The Labute approximate surface area is 82.1 Å². The van der Waals surface area contributed by atoms with Crippen LogP contribution in [0.3, 0.4) is 0 Å². The van der Waals surface area contributed by atoms with Crippen LogP contribution in [0.2, 0.25) is 0 Å². The molecule has 12 heavy (non-hydrogen) atoms. The number of thiol groups is 1. The van der Waals surface area contributed by atoms with Gasteiger partial charge in [-0.25, -0.2) is 0 Å². The van der Waals surface area contributed by atoms with E-state index in [0.29, 0.717) is 12.4 Å². The zero-order chi connectivity index (χ0) is 9.40. The number of nitrogens with one attached hydrogen (secondary N) is 1. The fourth-order valence-corrected chi connectivity index (χ4v) is 0.809. The number of rotatable bonds is 3. The van der Waals surface area contributed by atoms with Crippen LogP contribution in [-0.4, -0.2) is 37.3 Å². The average Bonchev–Trinajstić information content (AvgIpc) is 2.00. The first kappa shape index (κ1) is 11.7. The second kappa shape index (κ2) is 7.35. The van der Waals surface area contributed by atoms with Crippen molar-refractivity contribution in [1.82, 2.24) is 10.2 Å². The summed E-state index contributed by atoms with van der Waals surface area (Å²) in [5.74, 6) is 5.42. The molecule has 0 radical (unpaired) electrons. The van der Waals surface area contributed by atoms with Gasteiger partial charge < -0.3 is 5.32 Å². The molecule has 68 valence electrons. The van der Waals surface area contributed by atoms with Gasteiger partial charge in [-0.05, 0) is 20.0 Å². The van der Waals surface area contributed by atoms with Gasteiger partial charge in [-0.2, -0.15) is 0 Å². The standard InChI is InChI=1S/C7H12N2OS2/c1-9(2)5-3-4-7(10)8-6-12-11/h11H,5-6H2,1-2H3,(H,8,10). The van der Waals surface area contributed by atoms with E-state index >= 15 is 0 Å². The Hall–Kier alpha value is -0.310. The van der Waals surface area contributed by atoms with Gasteiger partial charge in [0.1, 0.15) is 0 Å². The van der Waals surface area contributed by atoms with Crippen LogP contribution in [-0.2, 0) is 4.79 Å². The third kappa shape index (κ3) is 7.79. The van der Waals surface area contributed by atoms with E-state index < -0.39 is 0 Å². The van der Waals surface area contributed by atoms with Crippen LogP contribution in [0, 0.1) is 11.8 Å². The highest BCUT2D eigenvalue weighted by atomic mass is 33.1. The van der Waals surface area contributed by atoms with E-state index in [1.54, 1.807) is 0 Å². The molecule has 0 aliphatic rings. The Bertz CT molecular complexity index is 195. The Balaban J connectivity index is 3.57. The summed E-state index contributed by atoms with van der Waals surface area (Å²) in [4.78, 5) is 12.7. The zero-order valence-corrected chi connectivity index (χ0v) is 8.84. The van der Waals surface area contributed by atoms with Crippen molar-refractivity contribution in [2.45, 2.75) is 0 Å². The maximum atomic E-state index is 10.8. The minimum Gasteiger partial charge on any atom is -0.335 e. The maximum Gasteiger partial charge on any atom is 0.296 e. The first-order valence-corrected chi connectivity index (χ1v) is 5.38. The molecular weight excluding hydrogens is 192 g/mol. The van der Waals surface area contributed by atoms with Crippen LogP contribution >= 0.6 is 22.5 Å². The van der Waals surface area contributed by atoms with Gasteiger partial charge in [0, 0.05) is 0 Å². The monoisotopic (exact) mass is 204 g/mol. The molecule has 0 saturated carbocycles. The number of carbonyl (C=O) groups excluding carboxylic acids is 1. The molecule has 0 aromatic heterocycles. The van der Waals surface area contributed by atoms with Gasteiger partial charge >= 0.3 is 0 Å². The van der Waals surface area contributed by atoms with Crippen LogP contribution in [0.5, 0.6) is 0 Å². The Morgan fingerprint density at radius 1 is 1.67 bits per heavy atom. The molecule has 1 N–H and O–H groups in total. The fourth-order valence-electron chi connectivity index (χ4n) is 0.420. The lowest BCUT2D eigenvalue weighted by molar-refractivity contribution is -0.115. The molecule has 0 spiro atoms. The third-order valence-electron chi connectivity index (χ3n) is 0.894. The molecule has 0 aliphatic carbocycles. The summed E-state index contributed by atoms with van der Waals surface area (Å²) in [6.07, 6.45) is 0. The molecule has 0 atom stereocenters. The van der Waals surface area contributed by atoms with Crippen LogP contribution in [0.25, 0.3) is 0 Å². The van der Waals surface area contributed by atoms with E-state index in [1.165, 1.54) is 10.8 Å². The van der Waals surface area contributed by atoms with Gasteiger partial charge in [-0.3, -0.25) is 9.69 Å². The fraction of sp³-hybridized carbons (Fsp3) is 0.571. The molecule has 3 nitrogen and oxygen atoms in total. The summed E-state index contributed by atoms with van der Waals surface area (Å²) < 4.78 is 0. The van der Waals surface area contributed by atoms with Crippen LogP contribution in [0.15, 0.2) is 0 Å². The minimum absolute atomic E-state index is 0.251. The molecule has 0 aliphatic heterocycles. The number of hydrogen-bond donors (Lipinski definition) is 2. The summed E-state index contributed by atoms with van der Waals surface area (Å²) in [5.41, 5.74) is 0. The largest absolute Gasteiger partial charge is 0.335 e. The van der Waals surface area contributed by atoms with Crippen molar-refractivity contribution in [2.75, 3.05) is 26.5 Å². The molecule has 0 bridgehead atoms. The van der Waals surface area contributed by atoms with Gasteiger partial charge in [0.2, 0.25) is 0 Å². The molecule has 0 unspecified atom stereocenters. The van der Waals surface area contributed by atoms with Crippen LogP contribution in [0.4, 0.5) is 0 Å². The highest BCUT2D eigenvalue weighted by molar-refractivity contribution is 8.68. The second-order valence-corrected chi connectivity index (χ2v) is 3.64. The van der Waals surface area contributed by atoms with Gasteiger partial charge in [0.05, 0.1) is 12.4 Å². The highest BCUT2D eigenvalue weighted by Gasteiger charge is 1.91. The lowest BCUT2D eigenvalue weighted by atomic mass is 10.5. The molecule has 0 rings (SSSR count). The van der Waals surface area contributed by atoms with E-state index in [0.717, 1.165) is 0 Å². The number of amides is 1. The van der Waals surface area contributed by atoms with Gasteiger partial charge in [-0.15, -0.1) is 11.7 Å².